The zero-order chi connectivity index (χ0) is 17.7. The molecule has 1 fully saturated rings. The van der Waals surface area contributed by atoms with Crippen molar-refractivity contribution in [3.63, 3.8) is 0 Å². The Bertz CT molecular complexity index is 642. The van der Waals surface area contributed by atoms with Gasteiger partial charge in [-0.15, -0.1) is 0 Å². The zero-order valence-electron chi connectivity index (χ0n) is 15.2. The highest BCUT2D eigenvalue weighted by Gasteiger charge is 2.31. The summed E-state index contributed by atoms with van der Waals surface area (Å²) in [5, 5.41) is 0. The number of hydrogen-bond donors (Lipinski definition) is 0. The second-order valence-corrected chi connectivity index (χ2v) is 7.66. The first-order valence-corrected chi connectivity index (χ1v) is 9.15. The number of hydrogen-bond acceptors (Lipinski definition) is 2. The molecule has 3 nitrogen and oxygen atoms in total. The minimum Gasteiger partial charge on any atom is -0.456 e. The summed E-state index contributed by atoms with van der Waals surface area (Å²) in [5.74, 6) is 0.349. The molecule has 1 atom stereocenters. The van der Waals surface area contributed by atoms with E-state index in [4.69, 9.17) is 4.74 Å². The Morgan fingerprint density at radius 2 is 1.56 bits per heavy atom. The van der Waals surface area contributed by atoms with E-state index in [1.807, 2.05) is 0 Å². The molecule has 0 spiro atoms. The van der Waals surface area contributed by atoms with Gasteiger partial charge in [0.05, 0.1) is 20.6 Å². The molecule has 3 rings (SSSR count). The number of cyclic esters (lactones) is 1. The normalized spacial score (nSPS) is 17.7. The average Bonchev–Trinajstić information content (AvgIpc) is 3.01. The molecule has 2 aromatic carbocycles. The van der Waals surface area contributed by atoms with Crippen molar-refractivity contribution in [1.82, 2.24) is 0 Å². The van der Waals surface area contributed by atoms with E-state index in [2.05, 4.69) is 74.8 Å². The molecule has 0 unspecified atom stereocenters. The predicted molar refractivity (Wildman–Crippen MR) is 100 cm³/mol. The van der Waals surface area contributed by atoms with Crippen molar-refractivity contribution >= 4 is 5.97 Å². The Labute approximate surface area is 150 Å². The molecule has 2 aromatic rings. The number of quaternary nitrogens is 1. The number of ether oxygens (including phenoxy) is 1. The summed E-state index contributed by atoms with van der Waals surface area (Å²) in [6.45, 7) is 1.94. The molecular formula is C22H28NO2+. The van der Waals surface area contributed by atoms with Crippen LogP contribution in [-0.4, -0.2) is 43.7 Å². The lowest BCUT2D eigenvalue weighted by Crippen LogP contribution is -2.46. The summed E-state index contributed by atoms with van der Waals surface area (Å²) in [6.07, 6.45) is 2.58. The highest BCUT2D eigenvalue weighted by Crippen LogP contribution is 2.29. The van der Waals surface area contributed by atoms with E-state index < -0.39 is 0 Å². The molecule has 0 amide bonds. The molecule has 0 saturated carbocycles. The van der Waals surface area contributed by atoms with Gasteiger partial charge in [-0.1, -0.05) is 60.7 Å². The van der Waals surface area contributed by atoms with Gasteiger partial charge in [0.2, 0.25) is 0 Å². The summed E-state index contributed by atoms with van der Waals surface area (Å²) in [5.41, 5.74) is 2.72. The third-order valence-corrected chi connectivity index (χ3v) is 5.09. The molecule has 0 aliphatic carbocycles. The zero-order valence-corrected chi connectivity index (χ0v) is 15.2. The largest absolute Gasteiger partial charge is 0.456 e. The number of rotatable bonds is 7. The maximum absolute atomic E-state index is 11.3. The van der Waals surface area contributed by atoms with Gasteiger partial charge in [0, 0.05) is 25.2 Å². The summed E-state index contributed by atoms with van der Waals surface area (Å²) >= 11 is 0. The second kappa shape index (κ2) is 7.83. The lowest BCUT2D eigenvalue weighted by Gasteiger charge is -2.33. The number of carbonyl (C=O) groups excluding carboxylic acids is 1. The maximum Gasteiger partial charge on any atom is 0.306 e. The van der Waals surface area contributed by atoms with Crippen LogP contribution in [-0.2, 0) is 9.53 Å². The summed E-state index contributed by atoms with van der Waals surface area (Å²) in [7, 11) is 4.47. The molecule has 1 saturated heterocycles. The van der Waals surface area contributed by atoms with Crippen molar-refractivity contribution < 1.29 is 14.0 Å². The number of esters is 1. The number of benzene rings is 2. The lowest BCUT2D eigenvalue weighted by molar-refractivity contribution is -0.893. The van der Waals surface area contributed by atoms with Gasteiger partial charge in [0.25, 0.3) is 0 Å². The topological polar surface area (TPSA) is 26.3 Å². The molecule has 1 aliphatic heterocycles. The SMILES string of the molecule is C[N+](C)(CCC(c1ccccc1)c1ccccc1)C[C@H]1CCC(=O)O1. The second-order valence-electron chi connectivity index (χ2n) is 7.66. The van der Waals surface area contributed by atoms with Crippen molar-refractivity contribution in [2.24, 2.45) is 0 Å². The summed E-state index contributed by atoms with van der Waals surface area (Å²) in [4.78, 5) is 11.3. The van der Waals surface area contributed by atoms with Gasteiger partial charge in [-0.05, 0) is 11.1 Å². The van der Waals surface area contributed by atoms with Gasteiger partial charge in [0.15, 0.2) is 6.10 Å². The highest BCUT2D eigenvalue weighted by molar-refractivity contribution is 5.71. The van der Waals surface area contributed by atoms with Crippen molar-refractivity contribution in [2.45, 2.75) is 31.3 Å². The minimum absolute atomic E-state index is 0.0450. The van der Waals surface area contributed by atoms with E-state index in [1.165, 1.54) is 11.1 Å². The fourth-order valence-electron chi connectivity index (χ4n) is 3.73. The third-order valence-electron chi connectivity index (χ3n) is 5.09. The fourth-order valence-corrected chi connectivity index (χ4v) is 3.73. The van der Waals surface area contributed by atoms with Crippen molar-refractivity contribution in [3.05, 3.63) is 71.8 Å². The minimum atomic E-state index is -0.0450. The van der Waals surface area contributed by atoms with Gasteiger partial charge in [-0.3, -0.25) is 4.79 Å². The van der Waals surface area contributed by atoms with Crippen molar-refractivity contribution in [3.8, 4) is 0 Å². The van der Waals surface area contributed by atoms with Crippen LogP contribution in [0.3, 0.4) is 0 Å². The molecule has 132 valence electrons. The Hall–Kier alpha value is -2.13. The Kier molecular flexibility index (Phi) is 5.54. The monoisotopic (exact) mass is 338 g/mol. The van der Waals surface area contributed by atoms with Crippen LogP contribution in [0, 0.1) is 0 Å². The molecule has 25 heavy (non-hydrogen) atoms. The van der Waals surface area contributed by atoms with Crippen LogP contribution >= 0.6 is 0 Å². The first-order valence-electron chi connectivity index (χ1n) is 9.15. The summed E-state index contributed by atoms with van der Waals surface area (Å²) < 4.78 is 6.29. The van der Waals surface area contributed by atoms with Crippen LogP contribution in [0.2, 0.25) is 0 Å². The number of nitrogens with zero attached hydrogens (tertiary/aromatic N) is 1. The van der Waals surface area contributed by atoms with Crippen LogP contribution in [0.5, 0.6) is 0 Å². The third kappa shape index (κ3) is 4.93. The molecule has 0 N–H and O–H groups in total. The van der Waals surface area contributed by atoms with Crippen LogP contribution < -0.4 is 0 Å². The maximum atomic E-state index is 11.3. The number of likely N-dealkylation sites (N-methyl/N-ethyl adjacent to an activating group) is 1. The smallest absolute Gasteiger partial charge is 0.306 e. The molecule has 3 heteroatoms. The Balaban J connectivity index is 1.69. The van der Waals surface area contributed by atoms with Gasteiger partial charge in [0.1, 0.15) is 6.54 Å². The molecular weight excluding hydrogens is 310 g/mol. The van der Waals surface area contributed by atoms with E-state index in [0.717, 1.165) is 30.4 Å². The van der Waals surface area contributed by atoms with Gasteiger partial charge < -0.3 is 9.22 Å². The van der Waals surface area contributed by atoms with E-state index >= 15 is 0 Å². The van der Waals surface area contributed by atoms with E-state index in [1.54, 1.807) is 0 Å². The van der Waals surface area contributed by atoms with Crippen molar-refractivity contribution in [1.29, 1.82) is 0 Å². The first kappa shape index (κ1) is 17.7. The Morgan fingerprint density at radius 3 is 2.04 bits per heavy atom. The molecule has 1 aliphatic rings. The van der Waals surface area contributed by atoms with E-state index in [9.17, 15) is 4.79 Å². The number of carbonyl (C=O) groups is 1. The molecule has 0 radical (unpaired) electrons. The lowest BCUT2D eigenvalue weighted by atomic mass is 9.88. The van der Waals surface area contributed by atoms with Crippen LogP contribution in [0.15, 0.2) is 60.7 Å². The standard InChI is InChI=1S/C22H28NO2/c1-23(2,17-20-13-14-22(24)25-20)16-15-21(18-9-5-3-6-10-18)19-11-7-4-8-12-19/h3-12,20-21H,13-17H2,1-2H3/q+1/t20-/m1/s1. The predicted octanol–water partition coefficient (Wildman–Crippen LogP) is 3.99. The molecule has 0 aromatic heterocycles. The fraction of sp³-hybridized carbons (Fsp3) is 0.409. The van der Waals surface area contributed by atoms with Crippen LogP contribution in [0.25, 0.3) is 0 Å². The first-order chi connectivity index (χ1) is 12.0. The van der Waals surface area contributed by atoms with Crippen LogP contribution in [0.4, 0.5) is 0 Å². The average molecular weight is 338 g/mol. The van der Waals surface area contributed by atoms with Crippen molar-refractivity contribution in [2.75, 3.05) is 27.2 Å². The van der Waals surface area contributed by atoms with Gasteiger partial charge >= 0.3 is 5.97 Å². The summed E-state index contributed by atoms with van der Waals surface area (Å²) in [6, 6.07) is 21.5. The van der Waals surface area contributed by atoms with Gasteiger partial charge in [-0.25, -0.2) is 0 Å². The molecule has 0 bridgehead atoms. The molecule has 1 heterocycles. The highest BCUT2D eigenvalue weighted by atomic mass is 16.5. The van der Waals surface area contributed by atoms with E-state index in [-0.39, 0.29) is 12.1 Å². The quantitative estimate of drug-likeness (QED) is 0.564. The Morgan fingerprint density at radius 1 is 1.00 bits per heavy atom. The van der Waals surface area contributed by atoms with E-state index in [0.29, 0.717) is 12.3 Å². The van der Waals surface area contributed by atoms with Gasteiger partial charge in [-0.2, -0.15) is 0 Å². The van der Waals surface area contributed by atoms with Crippen LogP contribution in [0.1, 0.15) is 36.3 Å².